The van der Waals surface area contributed by atoms with Gasteiger partial charge >= 0.3 is 18.9 Å². The number of nitrogens with zero attached hydrogens (tertiary/aromatic N) is 1. The van der Waals surface area contributed by atoms with E-state index in [1.165, 1.54) is 71.0 Å². The molecule has 16 heavy (non-hydrogen) atoms. The summed E-state index contributed by atoms with van der Waals surface area (Å²) in [6, 6.07) is 0. The van der Waals surface area contributed by atoms with Crippen LogP contribution in [0.3, 0.4) is 0 Å². The third kappa shape index (κ3) is 12.6. The largest absolute Gasteiger partial charge is 1.00 e. The first-order valence-corrected chi connectivity index (χ1v) is 7.07. The maximum absolute atomic E-state index is 2.67. The van der Waals surface area contributed by atoms with Crippen molar-refractivity contribution in [2.24, 2.45) is 0 Å². The van der Waals surface area contributed by atoms with Crippen molar-refractivity contribution in [1.29, 1.82) is 0 Å². The van der Waals surface area contributed by atoms with Crippen LogP contribution in [0.4, 0.5) is 0 Å². The van der Waals surface area contributed by atoms with Crippen LogP contribution < -0.4 is 18.9 Å². The van der Waals surface area contributed by atoms with Gasteiger partial charge in [0.15, 0.2) is 0 Å². The Hall–Kier alpha value is 0.557. The van der Waals surface area contributed by atoms with E-state index in [4.69, 9.17) is 0 Å². The molecule has 0 N–H and O–H groups in total. The third-order valence-corrected chi connectivity index (χ3v) is 2.98. The van der Waals surface area contributed by atoms with Crippen LogP contribution in [0.5, 0.6) is 0 Å². The Morgan fingerprint density at radius 1 is 0.625 bits per heavy atom. The SMILES string of the molecule is CCCCCCN(CCCC)CCCC.[H-].[Li+]. The van der Waals surface area contributed by atoms with Gasteiger partial charge in [-0.1, -0.05) is 52.9 Å². The molecular formula is C14H32LiN. The minimum Gasteiger partial charge on any atom is -1.00 e. The molecule has 0 bridgehead atoms. The van der Waals surface area contributed by atoms with Crippen molar-refractivity contribution in [2.45, 2.75) is 72.1 Å². The van der Waals surface area contributed by atoms with Crippen LogP contribution in [0, 0.1) is 0 Å². The molecule has 0 saturated heterocycles. The fourth-order valence-electron chi connectivity index (χ4n) is 1.86. The van der Waals surface area contributed by atoms with E-state index in [2.05, 4.69) is 25.7 Å². The Balaban J connectivity index is -0.000000980. The van der Waals surface area contributed by atoms with Crippen LogP contribution in [-0.2, 0) is 0 Å². The van der Waals surface area contributed by atoms with Crippen LogP contribution >= 0.6 is 0 Å². The fraction of sp³-hybridized carbons (Fsp3) is 1.00. The molecule has 0 rings (SSSR count). The van der Waals surface area contributed by atoms with Gasteiger partial charge in [-0.3, -0.25) is 0 Å². The number of unbranched alkanes of at least 4 members (excludes halogenated alkanes) is 5. The molecule has 0 aliphatic rings. The Bertz CT molecular complexity index is 115. The zero-order chi connectivity index (χ0) is 11.4. The molecule has 0 aromatic rings. The molecule has 0 aromatic heterocycles. The summed E-state index contributed by atoms with van der Waals surface area (Å²) in [5, 5.41) is 0. The summed E-state index contributed by atoms with van der Waals surface area (Å²) in [5.41, 5.74) is 0. The van der Waals surface area contributed by atoms with Gasteiger partial charge in [-0.2, -0.15) is 0 Å². The molecule has 0 radical (unpaired) electrons. The van der Waals surface area contributed by atoms with E-state index < -0.39 is 0 Å². The topological polar surface area (TPSA) is 3.24 Å². The van der Waals surface area contributed by atoms with Crippen molar-refractivity contribution in [1.82, 2.24) is 4.90 Å². The summed E-state index contributed by atoms with van der Waals surface area (Å²) in [5.74, 6) is 0. The zero-order valence-corrected chi connectivity index (χ0v) is 12.2. The minimum absolute atomic E-state index is 0. The molecule has 0 saturated carbocycles. The molecule has 0 spiro atoms. The van der Waals surface area contributed by atoms with E-state index in [1.807, 2.05) is 0 Å². The molecule has 0 atom stereocenters. The second kappa shape index (κ2) is 15.6. The molecule has 0 amide bonds. The first-order chi connectivity index (χ1) is 7.35. The van der Waals surface area contributed by atoms with Crippen LogP contribution in [0.25, 0.3) is 0 Å². The third-order valence-electron chi connectivity index (χ3n) is 2.98. The van der Waals surface area contributed by atoms with Crippen molar-refractivity contribution >= 4 is 0 Å². The van der Waals surface area contributed by atoms with Crippen LogP contribution in [0.2, 0.25) is 0 Å². The van der Waals surface area contributed by atoms with Crippen molar-refractivity contribution in [2.75, 3.05) is 19.6 Å². The molecule has 0 aliphatic heterocycles. The summed E-state index contributed by atoms with van der Waals surface area (Å²) < 4.78 is 0. The molecule has 0 heterocycles. The van der Waals surface area contributed by atoms with Crippen molar-refractivity contribution in [3.05, 3.63) is 0 Å². The van der Waals surface area contributed by atoms with Gasteiger partial charge in [0.25, 0.3) is 0 Å². The number of hydrogen-bond donors (Lipinski definition) is 0. The number of hydrogen-bond acceptors (Lipinski definition) is 1. The first-order valence-electron chi connectivity index (χ1n) is 7.07. The quantitative estimate of drug-likeness (QED) is 0.378. The predicted octanol–water partition coefficient (Wildman–Crippen LogP) is 1.59. The summed E-state index contributed by atoms with van der Waals surface area (Å²) in [4.78, 5) is 2.67. The van der Waals surface area contributed by atoms with Gasteiger partial charge in [0, 0.05) is 0 Å². The van der Waals surface area contributed by atoms with Crippen molar-refractivity contribution in [3.8, 4) is 0 Å². The Morgan fingerprint density at radius 2 is 1.06 bits per heavy atom. The van der Waals surface area contributed by atoms with Gasteiger partial charge in [0.1, 0.15) is 0 Å². The average Bonchev–Trinajstić information content (AvgIpc) is 2.27. The van der Waals surface area contributed by atoms with E-state index in [1.54, 1.807) is 0 Å². The van der Waals surface area contributed by atoms with Crippen molar-refractivity contribution < 1.29 is 20.3 Å². The van der Waals surface area contributed by atoms with Crippen LogP contribution in [0.1, 0.15) is 73.6 Å². The van der Waals surface area contributed by atoms with Crippen LogP contribution in [0.15, 0.2) is 0 Å². The summed E-state index contributed by atoms with van der Waals surface area (Å²) in [6.07, 6.45) is 11.0. The smallest absolute Gasteiger partial charge is 1.00 e. The second-order valence-corrected chi connectivity index (χ2v) is 4.61. The zero-order valence-electron chi connectivity index (χ0n) is 13.2. The van der Waals surface area contributed by atoms with Gasteiger partial charge in [-0.15, -0.1) is 0 Å². The molecule has 2 heteroatoms. The summed E-state index contributed by atoms with van der Waals surface area (Å²) >= 11 is 0. The number of rotatable bonds is 11. The van der Waals surface area contributed by atoms with E-state index in [0.29, 0.717) is 0 Å². The Kier molecular flexibility index (Phi) is 18.4. The van der Waals surface area contributed by atoms with E-state index >= 15 is 0 Å². The minimum atomic E-state index is 0. The van der Waals surface area contributed by atoms with Gasteiger partial charge < -0.3 is 6.33 Å². The molecule has 94 valence electrons. The molecule has 1 nitrogen and oxygen atoms in total. The van der Waals surface area contributed by atoms with Gasteiger partial charge in [-0.05, 0) is 38.9 Å². The Labute approximate surface area is 117 Å². The standard InChI is InChI=1S/C14H31N.Li.H/c1-4-7-10-11-14-15(12-8-5-2)13-9-6-3;;/h4-14H2,1-3H3;;/q;+1;-1. The monoisotopic (exact) mass is 221 g/mol. The van der Waals surface area contributed by atoms with E-state index in [9.17, 15) is 0 Å². The van der Waals surface area contributed by atoms with Gasteiger partial charge in [0.2, 0.25) is 0 Å². The first kappa shape index (κ1) is 18.9. The van der Waals surface area contributed by atoms with Crippen molar-refractivity contribution in [3.63, 3.8) is 0 Å². The van der Waals surface area contributed by atoms with Gasteiger partial charge in [0.05, 0.1) is 0 Å². The molecule has 0 aromatic carbocycles. The maximum Gasteiger partial charge on any atom is 1.00 e. The summed E-state index contributed by atoms with van der Waals surface area (Å²) in [7, 11) is 0. The normalized spacial score (nSPS) is 10.5. The fourth-order valence-corrected chi connectivity index (χ4v) is 1.86. The van der Waals surface area contributed by atoms with E-state index in [-0.39, 0.29) is 20.3 Å². The van der Waals surface area contributed by atoms with Gasteiger partial charge in [-0.25, -0.2) is 0 Å². The molecular weight excluding hydrogens is 189 g/mol. The Morgan fingerprint density at radius 3 is 1.50 bits per heavy atom. The van der Waals surface area contributed by atoms with E-state index in [0.717, 1.165) is 0 Å². The molecule has 0 fully saturated rings. The van der Waals surface area contributed by atoms with Crippen LogP contribution in [-0.4, -0.2) is 24.5 Å². The second-order valence-electron chi connectivity index (χ2n) is 4.61. The molecule has 0 unspecified atom stereocenters. The average molecular weight is 221 g/mol. The predicted molar refractivity (Wildman–Crippen MR) is 71.5 cm³/mol. The summed E-state index contributed by atoms with van der Waals surface area (Å²) in [6.45, 7) is 10.8. The molecule has 0 aliphatic carbocycles. The maximum atomic E-state index is 2.67.